The van der Waals surface area contributed by atoms with Gasteiger partial charge in [0.1, 0.15) is 5.75 Å². The summed E-state index contributed by atoms with van der Waals surface area (Å²) in [7, 11) is 0. The van der Waals surface area contributed by atoms with Crippen molar-refractivity contribution in [3.63, 3.8) is 0 Å². The van der Waals surface area contributed by atoms with E-state index in [9.17, 15) is 5.11 Å². The predicted octanol–water partition coefficient (Wildman–Crippen LogP) is 5.69. The third-order valence-corrected chi connectivity index (χ3v) is 9.12. The first kappa shape index (κ1) is 19.9. The Morgan fingerprint density at radius 2 is 2.07 bits per heavy atom. The van der Waals surface area contributed by atoms with Gasteiger partial charge in [-0.05, 0) is 110 Å². The molecule has 1 aromatic rings. The van der Waals surface area contributed by atoms with Gasteiger partial charge in [-0.3, -0.25) is 0 Å². The van der Waals surface area contributed by atoms with Crippen LogP contribution in [0, 0.1) is 29.1 Å². The molecule has 0 radical (unpaired) electrons. The van der Waals surface area contributed by atoms with Gasteiger partial charge >= 0.3 is 0 Å². The van der Waals surface area contributed by atoms with E-state index in [-0.39, 0.29) is 6.29 Å². The van der Waals surface area contributed by atoms with Crippen LogP contribution in [0.2, 0.25) is 0 Å². The summed E-state index contributed by atoms with van der Waals surface area (Å²) in [6.45, 7) is 6.22. The molecule has 1 heterocycles. The second-order valence-electron chi connectivity index (χ2n) is 10.6. The monoisotopic (exact) mass is 398 g/mol. The lowest BCUT2D eigenvalue weighted by atomic mass is 9.51. The van der Waals surface area contributed by atoms with Gasteiger partial charge in [0.05, 0.1) is 6.61 Å². The van der Waals surface area contributed by atoms with Gasteiger partial charge < -0.3 is 14.6 Å². The quantitative estimate of drug-likeness (QED) is 0.708. The smallest absolute Gasteiger partial charge is 0.199 e. The molecule has 0 spiro atoms. The second-order valence-corrected chi connectivity index (χ2v) is 10.6. The molecule has 2 saturated carbocycles. The highest BCUT2D eigenvalue weighted by Gasteiger charge is 2.55. The van der Waals surface area contributed by atoms with Gasteiger partial charge in [-0.1, -0.05) is 19.9 Å². The molecule has 160 valence electrons. The molecule has 1 saturated heterocycles. The average Bonchev–Trinajstić information content (AvgIpc) is 3.05. The molecule has 3 nitrogen and oxygen atoms in total. The van der Waals surface area contributed by atoms with Crippen molar-refractivity contribution in [3.8, 4) is 5.75 Å². The summed E-state index contributed by atoms with van der Waals surface area (Å²) in [5.74, 6) is 4.78. The van der Waals surface area contributed by atoms with Crippen molar-refractivity contribution in [3.05, 3.63) is 29.3 Å². The standard InChI is InChI=1S/C26H38O3/c1-17-15-18-16-20(29-24-5-3-4-14-28-24)7-8-21(18)22-10-12-26(2)19(11-13-27)6-9-23(26)25(17)22/h7-8,16-17,19,22-25,27H,3-6,9-15H2,1-2H3/t17?,19-,22-,23+,24?,25-,26-/m1/s1. The minimum atomic E-state index is -0.0621. The summed E-state index contributed by atoms with van der Waals surface area (Å²) >= 11 is 0. The van der Waals surface area contributed by atoms with E-state index in [2.05, 4.69) is 32.0 Å². The Hall–Kier alpha value is -1.06. The molecule has 5 rings (SSSR count). The van der Waals surface area contributed by atoms with Crippen molar-refractivity contribution >= 4 is 0 Å². The minimum absolute atomic E-state index is 0.0621. The maximum Gasteiger partial charge on any atom is 0.199 e. The average molecular weight is 399 g/mol. The van der Waals surface area contributed by atoms with Crippen LogP contribution in [0.15, 0.2) is 18.2 Å². The first-order chi connectivity index (χ1) is 14.1. The topological polar surface area (TPSA) is 38.7 Å². The molecule has 29 heavy (non-hydrogen) atoms. The van der Waals surface area contributed by atoms with Crippen molar-refractivity contribution < 1.29 is 14.6 Å². The van der Waals surface area contributed by atoms with Crippen molar-refractivity contribution in [1.82, 2.24) is 0 Å². The van der Waals surface area contributed by atoms with E-state index in [1.165, 1.54) is 44.1 Å². The predicted molar refractivity (Wildman–Crippen MR) is 115 cm³/mol. The number of ether oxygens (including phenoxy) is 2. The summed E-state index contributed by atoms with van der Waals surface area (Å²) in [6, 6.07) is 6.89. The van der Waals surface area contributed by atoms with Crippen molar-refractivity contribution in [2.24, 2.45) is 29.1 Å². The van der Waals surface area contributed by atoms with Crippen molar-refractivity contribution in [2.75, 3.05) is 13.2 Å². The van der Waals surface area contributed by atoms with E-state index in [1.54, 1.807) is 5.56 Å². The van der Waals surface area contributed by atoms with Crippen LogP contribution in [0.5, 0.6) is 5.75 Å². The summed E-state index contributed by atoms with van der Waals surface area (Å²) in [5.41, 5.74) is 3.55. The van der Waals surface area contributed by atoms with Crippen LogP contribution in [-0.2, 0) is 11.2 Å². The Morgan fingerprint density at radius 3 is 2.86 bits per heavy atom. The summed E-state index contributed by atoms with van der Waals surface area (Å²) in [4.78, 5) is 0. The van der Waals surface area contributed by atoms with Crippen LogP contribution >= 0.6 is 0 Å². The SMILES string of the molecule is CC1Cc2cc(OC3CCCCO3)ccc2[C@H]2CC[C@]3(C)[C@@H](CCO)CC[C@H]3[C@H]12. The van der Waals surface area contributed by atoms with E-state index in [0.717, 1.165) is 55.3 Å². The van der Waals surface area contributed by atoms with Crippen LogP contribution in [0.1, 0.15) is 82.3 Å². The molecule has 7 atom stereocenters. The lowest BCUT2D eigenvalue weighted by molar-refractivity contribution is -0.105. The van der Waals surface area contributed by atoms with Crippen molar-refractivity contribution in [2.45, 2.75) is 83.8 Å². The third kappa shape index (κ3) is 3.43. The maximum absolute atomic E-state index is 9.57. The molecule has 3 heteroatoms. The Kier molecular flexibility index (Phi) is 5.41. The molecule has 3 aliphatic carbocycles. The molecule has 0 amide bonds. The molecule has 1 aliphatic heterocycles. The number of fused-ring (bicyclic) bond motifs is 5. The zero-order valence-corrected chi connectivity index (χ0v) is 18.2. The molecular formula is C26H38O3. The van der Waals surface area contributed by atoms with Crippen LogP contribution < -0.4 is 4.74 Å². The number of aliphatic hydroxyl groups is 1. The molecule has 0 bridgehead atoms. The summed E-state index contributed by atoms with van der Waals surface area (Å²) < 4.78 is 12.0. The van der Waals surface area contributed by atoms with Crippen LogP contribution in [0.25, 0.3) is 0 Å². The summed E-state index contributed by atoms with van der Waals surface area (Å²) in [6.07, 6.45) is 10.8. The van der Waals surface area contributed by atoms with Gasteiger partial charge in [-0.2, -0.15) is 0 Å². The van der Waals surface area contributed by atoms with Gasteiger partial charge in [0.2, 0.25) is 0 Å². The van der Waals surface area contributed by atoms with Crippen LogP contribution in [-0.4, -0.2) is 24.6 Å². The number of hydrogen-bond acceptors (Lipinski definition) is 3. The molecule has 0 aromatic heterocycles. The van der Waals surface area contributed by atoms with Gasteiger partial charge in [-0.15, -0.1) is 0 Å². The first-order valence-corrected chi connectivity index (χ1v) is 12.1. The Labute approximate surface area is 176 Å². The Bertz CT molecular complexity index is 725. The lowest BCUT2D eigenvalue weighted by Gasteiger charge is -2.53. The highest BCUT2D eigenvalue weighted by atomic mass is 16.7. The molecule has 1 aromatic carbocycles. The maximum atomic E-state index is 9.57. The number of hydrogen-bond donors (Lipinski definition) is 1. The molecule has 2 unspecified atom stereocenters. The highest BCUT2D eigenvalue weighted by Crippen LogP contribution is 2.64. The van der Waals surface area contributed by atoms with E-state index in [0.29, 0.717) is 17.9 Å². The van der Waals surface area contributed by atoms with E-state index in [1.807, 2.05) is 0 Å². The molecule has 1 N–H and O–H groups in total. The van der Waals surface area contributed by atoms with Crippen molar-refractivity contribution in [1.29, 1.82) is 0 Å². The number of aliphatic hydroxyl groups excluding tert-OH is 1. The van der Waals surface area contributed by atoms with Gasteiger partial charge in [0.15, 0.2) is 6.29 Å². The van der Waals surface area contributed by atoms with Crippen LogP contribution in [0.3, 0.4) is 0 Å². The Balaban J connectivity index is 1.37. The molecule has 3 fully saturated rings. The van der Waals surface area contributed by atoms with E-state index >= 15 is 0 Å². The fraction of sp³-hybridized carbons (Fsp3) is 0.769. The molecular weight excluding hydrogens is 360 g/mol. The van der Waals surface area contributed by atoms with E-state index in [4.69, 9.17) is 9.47 Å². The Morgan fingerprint density at radius 1 is 1.17 bits per heavy atom. The third-order valence-electron chi connectivity index (χ3n) is 9.12. The van der Waals surface area contributed by atoms with Crippen LogP contribution in [0.4, 0.5) is 0 Å². The first-order valence-electron chi connectivity index (χ1n) is 12.1. The van der Waals surface area contributed by atoms with E-state index < -0.39 is 0 Å². The highest BCUT2D eigenvalue weighted by molar-refractivity contribution is 5.41. The zero-order valence-electron chi connectivity index (χ0n) is 18.2. The minimum Gasteiger partial charge on any atom is -0.465 e. The fourth-order valence-corrected chi connectivity index (χ4v) is 7.72. The number of rotatable bonds is 4. The fourth-order valence-electron chi connectivity index (χ4n) is 7.72. The second kappa shape index (κ2) is 7.89. The number of benzene rings is 1. The van der Waals surface area contributed by atoms with Gasteiger partial charge in [0, 0.05) is 13.0 Å². The summed E-state index contributed by atoms with van der Waals surface area (Å²) in [5, 5.41) is 9.57. The lowest BCUT2D eigenvalue weighted by Crippen LogP contribution is -2.45. The van der Waals surface area contributed by atoms with Gasteiger partial charge in [0.25, 0.3) is 0 Å². The largest absolute Gasteiger partial charge is 0.465 e. The van der Waals surface area contributed by atoms with Gasteiger partial charge in [-0.25, -0.2) is 0 Å². The molecule has 4 aliphatic rings. The normalized spacial score (nSPS) is 41.3. The zero-order chi connectivity index (χ0) is 20.0.